The van der Waals surface area contributed by atoms with Crippen molar-refractivity contribution in [2.75, 3.05) is 56.7 Å². The predicted octanol–water partition coefficient (Wildman–Crippen LogP) is 0.124. The molecule has 2 saturated heterocycles. The lowest BCUT2D eigenvalue weighted by Crippen LogP contribution is -2.60. The van der Waals surface area contributed by atoms with Crippen molar-refractivity contribution in [1.29, 1.82) is 0 Å². The molecule has 3 heterocycles. The molecule has 2 fully saturated rings. The first-order valence-corrected chi connectivity index (χ1v) is 9.87. The summed E-state index contributed by atoms with van der Waals surface area (Å²) >= 11 is 0. The van der Waals surface area contributed by atoms with Crippen molar-refractivity contribution in [3.05, 3.63) is 18.5 Å². The zero-order chi connectivity index (χ0) is 17.0. The number of ether oxygens (including phenoxy) is 2. The van der Waals surface area contributed by atoms with E-state index in [1.807, 2.05) is 11.8 Å². The van der Waals surface area contributed by atoms with Crippen LogP contribution in [0.3, 0.4) is 0 Å². The molecule has 2 aliphatic rings. The number of anilines is 1. The Labute approximate surface area is 142 Å². The van der Waals surface area contributed by atoms with Gasteiger partial charge in [0.25, 0.3) is 0 Å². The van der Waals surface area contributed by atoms with Crippen molar-refractivity contribution in [2.45, 2.75) is 18.9 Å². The van der Waals surface area contributed by atoms with Crippen LogP contribution >= 0.6 is 0 Å². The van der Waals surface area contributed by atoms with Gasteiger partial charge in [0.15, 0.2) is 0 Å². The molecule has 134 valence electrons. The van der Waals surface area contributed by atoms with E-state index in [2.05, 4.69) is 9.97 Å². The highest BCUT2D eigenvalue weighted by atomic mass is 32.2. The second-order valence-electron chi connectivity index (χ2n) is 6.20. The summed E-state index contributed by atoms with van der Waals surface area (Å²) < 4.78 is 38.2. The van der Waals surface area contributed by atoms with Crippen LogP contribution in [0.4, 0.5) is 5.95 Å². The fraction of sp³-hybridized carbons (Fsp3) is 0.733. The van der Waals surface area contributed by atoms with E-state index >= 15 is 0 Å². The minimum Gasteiger partial charge on any atom is -0.376 e. The minimum atomic E-state index is -3.25. The summed E-state index contributed by atoms with van der Waals surface area (Å²) in [5.41, 5.74) is -0.686. The van der Waals surface area contributed by atoms with E-state index in [-0.39, 0.29) is 5.75 Å². The van der Waals surface area contributed by atoms with E-state index < -0.39 is 15.6 Å². The number of aromatic nitrogens is 2. The summed E-state index contributed by atoms with van der Waals surface area (Å²) in [4.78, 5) is 10.6. The van der Waals surface area contributed by atoms with Crippen LogP contribution in [-0.2, 0) is 19.5 Å². The Morgan fingerprint density at radius 2 is 2.00 bits per heavy atom. The molecule has 0 aromatic carbocycles. The minimum absolute atomic E-state index is 0.162. The summed E-state index contributed by atoms with van der Waals surface area (Å²) in [6.45, 7) is 5.00. The highest BCUT2D eigenvalue weighted by Crippen LogP contribution is 2.26. The first kappa shape index (κ1) is 17.5. The van der Waals surface area contributed by atoms with Crippen LogP contribution in [0, 0.1) is 0 Å². The smallest absolute Gasteiger partial charge is 0.225 e. The molecule has 1 aromatic heterocycles. The largest absolute Gasteiger partial charge is 0.376 e. The molecule has 0 aliphatic carbocycles. The van der Waals surface area contributed by atoms with Crippen LogP contribution in [0.2, 0.25) is 0 Å². The fourth-order valence-corrected chi connectivity index (χ4v) is 4.71. The van der Waals surface area contributed by atoms with Crippen molar-refractivity contribution < 1.29 is 17.9 Å². The van der Waals surface area contributed by atoms with Crippen molar-refractivity contribution >= 4 is 16.0 Å². The number of hydrogen-bond donors (Lipinski definition) is 0. The summed E-state index contributed by atoms with van der Waals surface area (Å²) in [5, 5.41) is 0. The molecule has 9 heteroatoms. The molecule has 8 nitrogen and oxygen atoms in total. The second kappa shape index (κ2) is 7.30. The molecule has 1 unspecified atom stereocenters. The number of nitrogens with zero attached hydrogens (tertiary/aromatic N) is 4. The quantitative estimate of drug-likeness (QED) is 0.758. The normalized spacial score (nSPS) is 26.5. The van der Waals surface area contributed by atoms with Crippen molar-refractivity contribution in [3.8, 4) is 0 Å². The third kappa shape index (κ3) is 3.85. The van der Waals surface area contributed by atoms with Gasteiger partial charge in [-0.1, -0.05) is 6.92 Å². The molecule has 0 amide bonds. The standard InChI is InChI=1S/C15H24N4O4S/c1-2-10-24(20,21)19-7-9-23-15(12-19)11-18(6-8-22-13-15)14-16-4-3-5-17-14/h3-5H,2,6-13H2,1H3. The monoisotopic (exact) mass is 356 g/mol. The van der Waals surface area contributed by atoms with Crippen molar-refractivity contribution in [3.63, 3.8) is 0 Å². The van der Waals surface area contributed by atoms with Gasteiger partial charge >= 0.3 is 0 Å². The first-order valence-electron chi connectivity index (χ1n) is 8.26. The highest BCUT2D eigenvalue weighted by Gasteiger charge is 2.43. The van der Waals surface area contributed by atoms with Crippen LogP contribution in [-0.4, -0.2) is 80.0 Å². The third-order valence-electron chi connectivity index (χ3n) is 4.25. The van der Waals surface area contributed by atoms with E-state index in [0.29, 0.717) is 58.4 Å². The number of rotatable bonds is 4. The number of sulfonamides is 1. The van der Waals surface area contributed by atoms with Crippen molar-refractivity contribution in [1.82, 2.24) is 14.3 Å². The summed E-state index contributed by atoms with van der Waals surface area (Å²) in [5.74, 6) is 0.773. The molecule has 0 bridgehead atoms. The average molecular weight is 356 g/mol. The van der Waals surface area contributed by atoms with Gasteiger partial charge < -0.3 is 14.4 Å². The maximum absolute atomic E-state index is 12.4. The number of hydrogen-bond acceptors (Lipinski definition) is 7. The average Bonchev–Trinajstić information content (AvgIpc) is 2.78. The third-order valence-corrected chi connectivity index (χ3v) is 6.28. The topological polar surface area (TPSA) is 84.9 Å². The van der Waals surface area contributed by atoms with Crippen LogP contribution in [0.15, 0.2) is 18.5 Å². The van der Waals surface area contributed by atoms with Crippen LogP contribution in [0.1, 0.15) is 13.3 Å². The Morgan fingerprint density at radius 3 is 2.75 bits per heavy atom. The molecular formula is C15H24N4O4S. The molecule has 1 spiro atoms. The Hall–Kier alpha value is -1.29. The van der Waals surface area contributed by atoms with Gasteiger partial charge in [-0.05, 0) is 12.5 Å². The van der Waals surface area contributed by atoms with Gasteiger partial charge in [-0.3, -0.25) is 0 Å². The lowest BCUT2D eigenvalue weighted by Gasteiger charge is -2.42. The molecular weight excluding hydrogens is 332 g/mol. The number of morpholine rings is 1. The van der Waals surface area contributed by atoms with Crippen LogP contribution in [0.5, 0.6) is 0 Å². The first-order chi connectivity index (χ1) is 11.5. The molecule has 1 aromatic rings. The molecule has 0 N–H and O–H groups in total. The Balaban J connectivity index is 1.80. The van der Waals surface area contributed by atoms with E-state index in [4.69, 9.17) is 9.47 Å². The van der Waals surface area contributed by atoms with E-state index in [0.717, 1.165) is 0 Å². The Morgan fingerprint density at radius 1 is 1.21 bits per heavy atom. The van der Waals surface area contributed by atoms with Gasteiger partial charge in [0.05, 0.1) is 32.1 Å². The zero-order valence-corrected chi connectivity index (χ0v) is 14.7. The molecule has 3 rings (SSSR count). The highest BCUT2D eigenvalue weighted by molar-refractivity contribution is 7.89. The van der Waals surface area contributed by atoms with Crippen LogP contribution in [0.25, 0.3) is 0 Å². The summed E-state index contributed by atoms with van der Waals surface area (Å²) in [6.07, 6.45) is 3.99. The van der Waals surface area contributed by atoms with E-state index in [1.54, 1.807) is 22.8 Å². The van der Waals surface area contributed by atoms with E-state index in [9.17, 15) is 8.42 Å². The SMILES string of the molecule is CCCS(=O)(=O)N1CCOC2(COCCN(c3ncccn3)C2)C1. The summed E-state index contributed by atoms with van der Waals surface area (Å²) in [7, 11) is -3.25. The van der Waals surface area contributed by atoms with Gasteiger partial charge in [-0.25, -0.2) is 18.4 Å². The lowest BCUT2D eigenvalue weighted by molar-refractivity contribution is -0.116. The Kier molecular flexibility index (Phi) is 5.33. The molecule has 0 radical (unpaired) electrons. The lowest BCUT2D eigenvalue weighted by atomic mass is 10.0. The van der Waals surface area contributed by atoms with E-state index in [1.165, 1.54) is 0 Å². The maximum Gasteiger partial charge on any atom is 0.225 e. The van der Waals surface area contributed by atoms with Gasteiger partial charge in [-0.2, -0.15) is 4.31 Å². The summed E-state index contributed by atoms with van der Waals surface area (Å²) in [6, 6.07) is 1.77. The molecule has 24 heavy (non-hydrogen) atoms. The molecule has 0 saturated carbocycles. The van der Waals surface area contributed by atoms with Crippen LogP contribution < -0.4 is 4.90 Å². The molecule has 2 aliphatic heterocycles. The van der Waals surface area contributed by atoms with Gasteiger partial charge in [0.1, 0.15) is 5.60 Å². The molecule has 1 atom stereocenters. The maximum atomic E-state index is 12.4. The zero-order valence-electron chi connectivity index (χ0n) is 13.9. The predicted molar refractivity (Wildman–Crippen MR) is 89.4 cm³/mol. The van der Waals surface area contributed by atoms with Gasteiger partial charge in [-0.15, -0.1) is 0 Å². The fourth-order valence-electron chi connectivity index (χ4n) is 3.15. The second-order valence-corrected chi connectivity index (χ2v) is 8.29. The Bertz CT molecular complexity index is 642. The van der Waals surface area contributed by atoms with Crippen molar-refractivity contribution in [2.24, 2.45) is 0 Å². The van der Waals surface area contributed by atoms with Gasteiger partial charge in [0.2, 0.25) is 16.0 Å². The van der Waals surface area contributed by atoms with Gasteiger partial charge in [0, 0.05) is 32.0 Å².